The summed E-state index contributed by atoms with van der Waals surface area (Å²) in [6.45, 7) is 3.84. The van der Waals surface area contributed by atoms with E-state index in [0.717, 1.165) is 22.8 Å². The summed E-state index contributed by atoms with van der Waals surface area (Å²) in [7, 11) is 1.88. The number of rotatable bonds is 3. The van der Waals surface area contributed by atoms with E-state index in [0.29, 0.717) is 0 Å². The van der Waals surface area contributed by atoms with Gasteiger partial charge in [0, 0.05) is 24.5 Å². The van der Waals surface area contributed by atoms with Crippen LogP contribution in [-0.2, 0) is 7.05 Å². The molecule has 2 aromatic rings. The van der Waals surface area contributed by atoms with Gasteiger partial charge in [0.1, 0.15) is 0 Å². The number of aromatic nitrogens is 2. The quantitative estimate of drug-likeness (QED) is 0.871. The first-order chi connectivity index (χ1) is 8.47. The summed E-state index contributed by atoms with van der Waals surface area (Å²) in [5.74, 6) is -0.167. The molecule has 0 amide bonds. The predicted octanol–water partition coefficient (Wildman–Crippen LogP) is 2.48. The Bertz CT molecular complexity index is 583. The molecule has 0 aliphatic rings. The number of nitrogens with zero attached hydrogens (tertiary/aromatic N) is 2. The molecule has 94 valence electrons. The molecule has 0 aliphatic heterocycles. The van der Waals surface area contributed by atoms with Crippen molar-refractivity contribution in [2.75, 3.05) is 5.32 Å². The van der Waals surface area contributed by atoms with Crippen molar-refractivity contribution in [3.8, 4) is 0 Å². The third-order valence-electron chi connectivity index (χ3n) is 2.85. The standard InChI is InChI=1S/C13H15N3O2/c1-8-6-10(13(17)18)4-5-11(8)14-12-7-9(2)16(3)15-12/h4-7H,1-3H3,(H,14,15)(H,17,18). The summed E-state index contributed by atoms with van der Waals surface area (Å²) in [4.78, 5) is 10.8. The van der Waals surface area contributed by atoms with E-state index in [-0.39, 0.29) is 5.56 Å². The maximum atomic E-state index is 10.8. The smallest absolute Gasteiger partial charge is 0.335 e. The highest BCUT2D eigenvalue weighted by Gasteiger charge is 2.07. The Kier molecular flexibility index (Phi) is 3.06. The first-order valence-corrected chi connectivity index (χ1v) is 5.59. The number of benzene rings is 1. The van der Waals surface area contributed by atoms with Crippen molar-refractivity contribution in [3.63, 3.8) is 0 Å². The Morgan fingerprint density at radius 2 is 2.06 bits per heavy atom. The maximum absolute atomic E-state index is 10.8. The van der Waals surface area contributed by atoms with Crippen LogP contribution in [0.5, 0.6) is 0 Å². The molecule has 5 nitrogen and oxygen atoms in total. The van der Waals surface area contributed by atoms with E-state index < -0.39 is 5.97 Å². The van der Waals surface area contributed by atoms with Crippen LogP contribution in [0.1, 0.15) is 21.6 Å². The Labute approximate surface area is 105 Å². The third kappa shape index (κ3) is 2.34. The monoisotopic (exact) mass is 245 g/mol. The zero-order chi connectivity index (χ0) is 13.3. The lowest BCUT2D eigenvalue weighted by Crippen LogP contribution is -2.00. The zero-order valence-electron chi connectivity index (χ0n) is 10.6. The van der Waals surface area contributed by atoms with Crippen molar-refractivity contribution < 1.29 is 9.90 Å². The molecule has 1 aromatic heterocycles. The molecule has 0 spiro atoms. The van der Waals surface area contributed by atoms with Crippen LogP contribution in [-0.4, -0.2) is 20.9 Å². The number of carboxylic acid groups (broad SMARTS) is 1. The average molecular weight is 245 g/mol. The highest BCUT2D eigenvalue weighted by molar-refractivity contribution is 5.88. The first-order valence-electron chi connectivity index (χ1n) is 5.59. The lowest BCUT2D eigenvalue weighted by Gasteiger charge is -2.07. The topological polar surface area (TPSA) is 67.2 Å². The van der Waals surface area contributed by atoms with Gasteiger partial charge < -0.3 is 10.4 Å². The van der Waals surface area contributed by atoms with E-state index in [4.69, 9.17) is 5.11 Å². The van der Waals surface area contributed by atoms with E-state index in [2.05, 4.69) is 10.4 Å². The maximum Gasteiger partial charge on any atom is 0.335 e. The van der Waals surface area contributed by atoms with E-state index >= 15 is 0 Å². The van der Waals surface area contributed by atoms with Crippen molar-refractivity contribution in [2.45, 2.75) is 13.8 Å². The van der Waals surface area contributed by atoms with Gasteiger partial charge in [-0.05, 0) is 37.6 Å². The molecule has 2 rings (SSSR count). The Hall–Kier alpha value is -2.30. The number of hydrogen-bond acceptors (Lipinski definition) is 3. The average Bonchev–Trinajstić information content (AvgIpc) is 2.61. The number of carboxylic acids is 1. The number of carbonyl (C=O) groups is 1. The van der Waals surface area contributed by atoms with Crippen LogP contribution in [0.2, 0.25) is 0 Å². The Morgan fingerprint density at radius 1 is 1.33 bits per heavy atom. The molecule has 1 aromatic carbocycles. The second-order valence-electron chi connectivity index (χ2n) is 4.25. The van der Waals surface area contributed by atoms with Crippen LogP contribution in [0.4, 0.5) is 11.5 Å². The summed E-state index contributed by atoms with van der Waals surface area (Å²) in [5.41, 5.74) is 3.07. The van der Waals surface area contributed by atoms with Gasteiger partial charge in [0.05, 0.1) is 5.56 Å². The number of hydrogen-bond donors (Lipinski definition) is 2. The molecule has 0 saturated heterocycles. The minimum atomic E-state index is -0.918. The van der Waals surface area contributed by atoms with Crippen LogP contribution in [0.15, 0.2) is 24.3 Å². The number of aromatic carboxylic acids is 1. The van der Waals surface area contributed by atoms with Crippen LogP contribution in [0, 0.1) is 13.8 Å². The fraction of sp³-hybridized carbons (Fsp3) is 0.231. The van der Waals surface area contributed by atoms with Gasteiger partial charge in [-0.25, -0.2) is 4.79 Å². The first kappa shape index (κ1) is 12.2. The highest BCUT2D eigenvalue weighted by Crippen LogP contribution is 2.21. The SMILES string of the molecule is Cc1cc(C(=O)O)ccc1Nc1cc(C)n(C)n1. The summed E-state index contributed by atoms with van der Waals surface area (Å²) in [6.07, 6.45) is 0. The number of nitrogens with one attached hydrogen (secondary N) is 1. The van der Waals surface area contributed by atoms with Crippen LogP contribution < -0.4 is 5.32 Å². The third-order valence-corrected chi connectivity index (χ3v) is 2.85. The van der Waals surface area contributed by atoms with Gasteiger partial charge in [-0.15, -0.1) is 0 Å². The molecule has 1 heterocycles. The highest BCUT2D eigenvalue weighted by atomic mass is 16.4. The lowest BCUT2D eigenvalue weighted by atomic mass is 10.1. The van der Waals surface area contributed by atoms with Gasteiger partial charge in [0.2, 0.25) is 0 Å². The molecule has 0 aliphatic carbocycles. The second kappa shape index (κ2) is 4.52. The lowest BCUT2D eigenvalue weighted by molar-refractivity contribution is 0.0697. The molecule has 2 N–H and O–H groups in total. The van der Waals surface area contributed by atoms with Crippen LogP contribution in [0.3, 0.4) is 0 Å². The predicted molar refractivity (Wildman–Crippen MR) is 69.4 cm³/mol. The van der Waals surface area contributed by atoms with Gasteiger partial charge in [0.25, 0.3) is 0 Å². The second-order valence-corrected chi connectivity index (χ2v) is 4.25. The van der Waals surface area contributed by atoms with E-state index in [1.807, 2.05) is 27.0 Å². The molecular formula is C13H15N3O2. The summed E-state index contributed by atoms with van der Waals surface area (Å²) in [5, 5.41) is 16.4. The Balaban J connectivity index is 2.27. The minimum Gasteiger partial charge on any atom is -0.478 e. The molecule has 0 fully saturated rings. The fourth-order valence-electron chi connectivity index (χ4n) is 1.70. The van der Waals surface area contributed by atoms with Gasteiger partial charge in [-0.2, -0.15) is 5.10 Å². The molecule has 0 saturated carbocycles. The van der Waals surface area contributed by atoms with E-state index in [1.54, 1.807) is 22.9 Å². The van der Waals surface area contributed by atoms with Crippen molar-refractivity contribution in [3.05, 3.63) is 41.1 Å². The minimum absolute atomic E-state index is 0.287. The van der Waals surface area contributed by atoms with Gasteiger partial charge in [0.15, 0.2) is 5.82 Å². The summed E-state index contributed by atoms with van der Waals surface area (Å²) >= 11 is 0. The van der Waals surface area contributed by atoms with Crippen LogP contribution in [0.25, 0.3) is 0 Å². The molecule has 0 bridgehead atoms. The van der Waals surface area contributed by atoms with Gasteiger partial charge in [-0.3, -0.25) is 4.68 Å². The van der Waals surface area contributed by atoms with E-state index in [1.165, 1.54) is 0 Å². The van der Waals surface area contributed by atoms with Gasteiger partial charge in [-0.1, -0.05) is 0 Å². The van der Waals surface area contributed by atoms with Crippen molar-refractivity contribution in [1.82, 2.24) is 9.78 Å². The normalized spacial score (nSPS) is 10.4. The van der Waals surface area contributed by atoms with Crippen molar-refractivity contribution in [1.29, 1.82) is 0 Å². The number of anilines is 2. The van der Waals surface area contributed by atoms with Crippen LogP contribution >= 0.6 is 0 Å². The zero-order valence-corrected chi connectivity index (χ0v) is 10.6. The fourth-order valence-corrected chi connectivity index (χ4v) is 1.70. The molecule has 0 atom stereocenters. The summed E-state index contributed by atoms with van der Waals surface area (Å²) < 4.78 is 1.78. The van der Waals surface area contributed by atoms with Gasteiger partial charge >= 0.3 is 5.97 Å². The molecule has 0 radical (unpaired) electrons. The summed E-state index contributed by atoms with van der Waals surface area (Å²) in [6, 6.07) is 6.90. The molecule has 5 heteroatoms. The van der Waals surface area contributed by atoms with Crippen molar-refractivity contribution >= 4 is 17.5 Å². The largest absolute Gasteiger partial charge is 0.478 e. The molecule has 0 unspecified atom stereocenters. The Morgan fingerprint density at radius 3 is 2.56 bits per heavy atom. The number of aryl methyl sites for hydroxylation is 3. The van der Waals surface area contributed by atoms with E-state index in [9.17, 15) is 4.79 Å². The molecule has 18 heavy (non-hydrogen) atoms. The van der Waals surface area contributed by atoms with Crippen molar-refractivity contribution in [2.24, 2.45) is 7.05 Å². The molecular weight excluding hydrogens is 230 g/mol.